The van der Waals surface area contributed by atoms with Crippen LogP contribution in [0.5, 0.6) is 0 Å². The maximum atomic E-state index is 3.87. The van der Waals surface area contributed by atoms with E-state index in [1.807, 2.05) is 24.3 Å². The summed E-state index contributed by atoms with van der Waals surface area (Å²) in [5.74, 6) is 0. The van der Waals surface area contributed by atoms with E-state index in [1.165, 1.54) is 21.2 Å². The van der Waals surface area contributed by atoms with Gasteiger partial charge in [0.15, 0.2) is 0 Å². The Morgan fingerprint density at radius 3 is 1.43 bits per heavy atom. The molecule has 0 saturated carbocycles. The topological polar surface area (TPSA) is 18.5 Å². The van der Waals surface area contributed by atoms with Gasteiger partial charge in [0.05, 0.1) is 11.4 Å². The maximum Gasteiger partial charge on any atom is 0.0527 e. The van der Waals surface area contributed by atoms with E-state index in [2.05, 4.69) is 77.8 Å². The first-order valence-electron chi connectivity index (χ1n) is 9.36. The molecule has 1 aliphatic rings. The number of rotatable bonds is 10. The fourth-order valence-corrected chi connectivity index (χ4v) is 4.30. The molecule has 4 heteroatoms. The van der Waals surface area contributed by atoms with Crippen molar-refractivity contribution in [2.45, 2.75) is 9.79 Å². The molecule has 0 aromatic heterocycles. The molecule has 1 aliphatic heterocycles. The number of nitrogens with zero attached hydrogens (tertiary/aromatic N) is 2. The van der Waals surface area contributed by atoms with Gasteiger partial charge in [0.2, 0.25) is 0 Å². The highest BCUT2D eigenvalue weighted by molar-refractivity contribution is 7.99. The second kappa shape index (κ2) is 9.38. The van der Waals surface area contributed by atoms with E-state index in [0.29, 0.717) is 0 Å². The van der Waals surface area contributed by atoms with E-state index in [9.17, 15) is 0 Å². The van der Waals surface area contributed by atoms with E-state index in [0.717, 1.165) is 37.6 Å². The lowest BCUT2D eigenvalue weighted by Crippen LogP contribution is -2.23. The largest absolute Gasteiger partial charge is 0.364 e. The zero-order valence-corrected chi connectivity index (χ0v) is 17.0. The lowest BCUT2D eigenvalue weighted by atomic mass is 10.2. The monoisotopic (exact) mass is 389 g/mol. The van der Waals surface area contributed by atoms with Crippen LogP contribution < -0.4 is 15.1 Å². The van der Waals surface area contributed by atoms with Crippen molar-refractivity contribution in [2.24, 2.45) is 0 Å². The van der Waals surface area contributed by atoms with Crippen molar-refractivity contribution >= 4 is 34.5 Å². The van der Waals surface area contributed by atoms with Crippen LogP contribution in [0.2, 0.25) is 0 Å². The van der Waals surface area contributed by atoms with Crippen LogP contribution in [-0.2, 0) is 0 Å². The number of hydrogen-bond acceptors (Lipinski definition) is 4. The number of hydrogen-bond donors (Lipinski definition) is 1. The summed E-state index contributed by atoms with van der Waals surface area (Å²) in [6.45, 7) is 18.7. The van der Waals surface area contributed by atoms with Crippen molar-refractivity contribution < 1.29 is 0 Å². The second-order valence-electron chi connectivity index (χ2n) is 6.55. The first kappa shape index (κ1) is 19.9. The normalized spacial score (nSPS) is 11.4. The van der Waals surface area contributed by atoms with Crippen molar-refractivity contribution in [3.8, 4) is 0 Å². The van der Waals surface area contributed by atoms with Gasteiger partial charge in [-0.2, -0.15) is 0 Å². The molecule has 0 unspecified atom stereocenters. The molecule has 3 rings (SSSR count). The zero-order valence-electron chi connectivity index (χ0n) is 16.2. The highest BCUT2D eigenvalue weighted by Gasteiger charge is 2.18. The van der Waals surface area contributed by atoms with Crippen LogP contribution in [0.25, 0.3) is 0 Å². The van der Waals surface area contributed by atoms with Crippen molar-refractivity contribution in [3.05, 3.63) is 87.0 Å². The van der Waals surface area contributed by atoms with Crippen LogP contribution in [-0.4, -0.2) is 26.2 Å². The molecule has 0 saturated heterocycles. The summed E-state index contributed by atoms with van der Waals surface area (Å²) in [7, 11) is 0. The van der Waals surface area contributed by atoms with Crippen molar-refractivity contribution in [1.82, 2.24) is 0 Å². The maximum absolute atomic E-state index is 3.87. The van der Waals surface area contributed by atoms with Gasteiger partial charge in [-0.05, 0) is 36.4 Å². The third-order valence-electron chi connectivity index (χ3n) is 4.55. The molecule has 2 aromatic rings. The Labute approximate surface area is 172 Å². The Morgan fingerprint density at radius 2 is 1.07 bits per heavy atom. The SMILES string of the molecule is C=CCN(CC=C)c1ccc2c(c1)Sc1cc(N(CC=C)CC=C)ccc1N2. The lowest BCUT2D eigenvalue weighted by Gasteiger charge is -2.27. The minimum absolute atomic E-state index is 0.793. The Balaban J connectivity index is 1.89. The fraction of sp³-hybridized carbons (Fsp3) is 0.167. The van der Waals surface area contributed by atoms with Gasteiger partial charge in [-0.25, -0.2) is 0 Å². The van der Waals surface area contributed by atoms with Gasteiger partial charge in [0.25, 0.3) is 0 Å². The molecular formula is C24H27N3S. The Hall–Kier alpha value is -2.85. The molecule has 0 amide bonds. The Morgan fingerprint density at radius 1 is 0.679 bits per heavy atom. The summed E-state index contributed by atoms with van der Waals surface area (Å²) in [5.41, 5.74) is 4.63. The molecule has 0 atom stereocenters. The summed E-state index contributed by atoms with van der Waals surface area (Å²) in [6.07, 6.45) is 7.68. The molecular weight excluding hydrogens is 362 g/mol. The van der Waals surface area contributed by atoms with Gasteiger partial charge in [0, 0.05) is 47.3 Å². The summed E-state index contributed by atoms with van der Waals surface area (Å²) < 4.78 is 0. The molecule has 0 aliphatic carbocycles. The van der Waals surface area contributed by atoms with E-state index in [-0.39, 0.29) is 0 Å². The summed E-state index contributed by atoms with van der Waals surface area (Å²) >= 11 is 1.80. The number of nitrogens with one attached hydrogen (secondary N) is 1. The van der Waals surface area contributed by atoms with Gasteiger partial charge < -0.3 is 15.1 Å². The number of benzene rings is 2. The first-order valence-corrected chi connectivity index (χ1v) is 10.2. The third kappa shape index (κ3) is 4.34. The molecule has 3 nitrogen and oxygen atoms in total. The van der Waals surface area contributed by atoms with Crippen molar-refractivity contribution in [1.29, 1.82) is 0 Å². The summed E-state index contributed by atoms with van der Waals surface area (Å²) in [6, 6.07) is 13.1. The molecule has 0 spiro atoms. The van der Waals surface area contributed by atoms with Crippen LogP contribution in [0.1, 0.15) is 0 Å². The lowest BCUT2D eigenvalue weighted by molar-refractivity contribution is 0.951. The average molecular weight is 390 g/mol. The predicted molar refractivity (Wildman–Crippen MR) is 126 cm³/mol. The van der Waals surface area contributed by atoms with Crippen molar-refractivity contribution in [2.75, 3.05) is 41.3 Å². The Bertz CT molecular complexity index is 796. The second-order valence-corrected chi connectivity index (χ2v) is 7.64. The van der Waals surface area contributed by atoms with Gasteiger partial charge in [0.1, 0.15) is 0 Å². The minimum atomic E-state index is 0.793. The molecule has 1 heterocycles. The van der Waals surface area contributed by atoms with E-state index in [1.54, 1.807) is 11.8 Å². The summed E-state index contributed by atoms with van der Waals surface area (Å²) in [5, 5.41) is 3.56. The molecule has 144 valence electrons. The van der Waals surface area contributed by atoms with E-state index in [4.69, 9.17) is 0 Å². The van der Waals surface area contributed by atoms with Gasteiger partial charge in [-0.15, -0.1) is 26.3 Å². The first-order chi connectivity index (χ1) is 13.7. The quantitative estimate of drug-likeness (QED) is 0.413. The molecule has 1 N–H and O–H groups in total. The van der Waals surface area contributed by atoms with E-state index >= 15 is 0 Å². The highest BCUT2D eigenvalue weighted by atomic mass is 32.2. The third-order valence-corrected chi connectivity index (χ3v) is 5.66. The van der Waals surface area contributed by atoms with Crippen LogP contribution >= 0.6 is 11.8 Å². The van der Waals surface area contributed by atoms with Gasteiger partial charge >= 0.3 is 0 Å². The highest BCUT2D eigenvalue weighted by Crippen LogP contribution is 2.46. The van der Waals surface area contributed by atoms with Crippen molar-refractivity contribution in [3.63, 3.8) is 0 Å². The van der Waals surface area contributed by atoms with Crippen LogP contribution in [0.3, 0.4) is 0 Å². The minimum Gasteiger partial charge on any atom is -0.364 e. The predicted octanol–water partition coefficient (Wildman–Crippen LogP) is 6.25. The van der Waals surface area contributed by atoms with Gasteiger partial charge in [-0.3, -0.25) is 0 Å². The average Bonchev–Trinajstić information content (AvgIpc) is 2.71. The summed E-state index contributed by atoms with van der Waals surface area (Å²) in [4.78, 5) is 6.95. The fourth-order valence-electron chi connectivity index (χ4n) is 3.25. The van der Waals surface area contributed by atoms with Crippen LogP contribution in [0, 0.1) is 0 Å². The smallest absolute Gasteiger partial charge is 0.0527 e. The van der Waals surface area contributed by atoms with Gasteiger partial charge in [-0.1, -0.05) is 36.1 Å². The molecule has 0 bridgehead atoms. The molecule has 0 fully saturated rings. The molecule has 0 radical (unpaired) electrons. The van der Waals surface area contributed by atoms with Crippen LogP contribution in [0.15, 0.2) is 96.8 Å². The van der Waals surface area contributed by atoms with Crippen LogP contribution in [0.4, 0.5) is 22.7 Å². The number of anilines is 4. The van der Waals surface area contributed by atoms with E-state index < -0.39 is 0 Å². The zero-order chi connectivity index (χ0) is 19.9. The standard InChI is InChI=1S/C24H27N3S/c1-5-13-26(14-6-2)19-9-11-21-23(17-19)28-24-18-20(10-12-22(24)25-21)27(15-7-3)16-8-4/h5-12,17-18,25H,1-4,13-16H2. The Kier molecular flexibility index (Phi) is 6.66. The molecule has 28 heavy (non-hydrogen) atoms. The molecule has 2 aromatic carbocycles. The number of fused-ring (bicyclic) bond motifs is 2.